The van der Waals surface area contributed by atoms with Crippen LogP contribution in [0.3, 0.4) is 0 Å². The predicted molar refractivity (Wildman–Crippen MR) is 18.8 cm³/mol. The van der Waals surface area contributed by atoms with Gasteiger partial charge in [-0.15, -0.1) is 0 Å². The SMILES string of the molecule is OC[CH](O)[K].[Mo]. The Morgan fingerprint density at radius 3 is 1.83 bits per heavy atom. The zero-order valence-corrected chi connectivity index (χ0v) is 8.72. The van der Waals surface area contributed by atoms with Gasteiger partial charge in [0.25, 0.3) is 0 Å². The minimum Gasteiger partial charge on any atom is 0 e. The van der Waals surface area contributed by atoms with E-state index in [1.807, 2.05) is 0 Å². The Morgan fingerprint density at radius 1 is 1.67 bits per heavy atom. The van der Waals surface area contributed by atoms with Crippen molar-refractivity contribution in [2.75, 3.05) is 6.61 Å². The van der Waals surface area contributed by atoms with Crippen LogP contribution in [0.4, 0.5) is 0 Å². The van der Waals surface area contributed by atoms with Crippen molar-refractivity contribution in [3.63, 3.8) is 0 Å². The second-order valence-electron chi connectivity index (χ2n) is 1.03. The predicted octanol–water partition coefficient (Wildman–Crippen LogP) is -1.54. The fourth-order valence-electron chi connectivity index (χ4n) is 0. The average Bonchev–Trinajstić information content (AvgIpc) is 1.38. The molecule has 0 aromatic rings. The van der Waals surface area contributed by atoms with E-state index < -0.39 is 0 Å². The molecule has 0 aliphatic carbocycles. The first-order chi connectivity index (χ1) is 2.27. The molecule has 32 valence electrons. The number of hydrogen-bond acceptors (Lipinski definition) is 2. The third-order valence-electron chi connectivity index (χ3n) is 0.264. The first-order valence-electron chi connectivity index (χ1n) is 1.56. The molecule has 1 atom stereocenters. The van der Waals surface area contributed by atoms with E-state index in [4.69, 9.17) is 10.2 Å². The van der Waals surface area contributed by atoms with Gasteiger partial charge < -0.3 is 0 Å². The molecule has 4 heteroatoms. The molecule has 6 heavy (non-hydrogen) atoms. The van der Waals surface area contributed by atoms with E-state index in [0.717, 1.165) is 0 Å². The summed E-state index contributed by atoms with van der Waals surface area (Å²) in [6.45, 7) is -0.0556. The molecule has 0 bridgehead atoms. The second kappa shape index (κ2) is 7.24. The summed E-state index contributed by atoms with van der Waals surface area (Å²) in [7, 11) is 0. The molecular weight excluding hydrogens is 191 g/mol. The van der Waals surface area contributed by atoms with Crippen LogP contribution in [0, 0.1) is 0 Å². The van der Waals surface area contributed by atoms with E-state index in [-0.39, 0.29) is 27.9 Å². The van der Waals surface area contributed by atoms with Crippen LogP contribution < -0.4 is 0 Å². The molecule has 0 spiro atoms. The Labute approximate surface area is 85.2 Å². The molecule has 2 N–H and O–H groups in total. The minimum absolute atomic E-state index is 0. The van der Waals surface area contributed by atoms with Crippen LogP contribution in [0.25, 0.3) is 0 Å². The molecule has 0 saturated carbocycles. The maximum atomic E-state index is 8.19. The standard InChI is InChI=1S/C2H5O2.K.Mo/c3-1-2-4;;/h1,3-4H,2H2;;. The Balaban J connectivity index is 0. The van der Waals surface area contributed by atoms with E-state index in [1.165, 1.54) is 0 Å². The quantitative estimate of drug-likeness (QED) is 0.499. The largest absolute Gasteiger partial charge is 0 e. The molecule has 0 aromatic carbocycles. The Kier molecular flexibility index (Phi) is 13.4. The molecule has 0 aromatic heterocycles. The van der Waals surface area contributed by atoms with Crippen molar-refractivity contribution in [2.45, 2.75) is 0.199 Å². The van der Waals surface area contributed by atoms with Crippen molar-refractivity contribution < 1.29 is 31.3 Å². The molecule has 2 nitrogen and oxygen atoms in total. The van der Waals surface area contributed by atoms with Crippen LogP contribution in [0.5, 0.6) is 0 Å². The summed E-state index contributed by atoms with van der Waals surface area (Å²) in [5, 5.41) is 16.1. The Hall–Kier alpha value is 2.24. The molecule has 0 radical (unpaired) electrons. The minimum atomic E-state index is -0.373. The summed E-state index contributed by atoms with van der Waals surface area (Å²) in [5.41, 5.74) is 0. The van der Waals surface area contributed by atoms with Gasteiger partial charge in [-0.1, -0.05) is 0 Å². The molecular formula is C2H5KMoO2. The summed E-state index contributed by atoms with van der Waals surface area (Å²) < 4.78 is -0.373. The van der Waals surface area contributed by atoms with E-state index >= 15 is 0 Å². The van der Waals surface area contributed by atoms with Crippen LogP contribution in [0.15, 0.2) is 0 Å². The fraction of sp³-hybridized carbons (Fsp3) is 1.00. The topological polar surface area (TPSA) is 40.5 Å². The maximum absolute atomic E-state index is 8.19. The third kappa shape index (κ3) is 9.53. The number of aliphatic hydroxyl groups is 2. The average molecular weight is 196 g/mol. The van der Waals surface area contributed by atoms with Gasteiger partial charge in [0.05, 0.1) is 0 Å². The first-order valence-corrected chi connectivity index (χ1v) is 3.36. The van der Waals surface area contributed by atoms with Crippen molar-refractivity contribution >= 4 is 49.0 Å². The smallest absolute Gasteiger partial charge is 0 e. The zero-order chi connectivity index (χ0) is 4.28. The summed E-state index contributed by atoms with van der Waals surface area (Å²) in [6, 6.07) is 0. The van der Waals surface area contributed by atoms with Gasteiger partial charge in [-0.2, -0.15) is 0 Å². The van der Waals surface area contributed by atoms with Crippen LogP contribution in [-0.2, 0) is 21.1 Å². The number of hydrogen-bond donors (Lipinski definition) is 2. The molecule has 0 saturated heterocycles. The van der Waals surface area contributed by atoms with Crippen molar-refractivity contribution in [2.24, 2.45) is 0 Å². The Morgan fingerprint density at radius 2 is 1.83 bits per heavy atom. The normalized spacial score (nSPS) is 12.7. The molecule has 0 aliphatic heterocycles. The van der Waals surface area contributed by atoms with Gasteiger partial charge in [-0.05, 0) is 0 Å². The van der Waals surface area contributed by atoms with Gasteiger partial charge in [0.2, 0.25) is 0 Å². The Bertz CT molecular complexity index is 25.5. The van der Waals surface area contributed by atoms with Crippen molar-refractivity contribution in [1.82, 2.24) is 0 Å². The van der Waals surface area contributed by atoms with Crippen LogP contribution in [-0.4, -0.2) is 66.0 Å². The van der Waals surface area contributed by atoms with E-state index in [0.29, 0.717) is 49.0 Å². The zero-order valence-electron chi connectivity index (χ0n) is 3.59. The monoisotopic (exact) mass is 198 g/mol. The summed E-state index contributed by atoms with van der Waals surface area (Å²) in [5.74, 6) is 0. The van der Waals surface area contributed by atoms with Gasteiger partial charge in [0, 0.05) is 21.1 Å². The van der Waals surface area contributed by atoms with E-state index in [9.17, 15) is 0 Å². The van der Waals surface area contributed by atoms with Crippen LogP contribution >= 0.6 is 0 Å². The molecule has 1 unspecified atom stereocenters. The van der Waals surface area contributed by atoms with Crippen molar-refractivity contribution in [1.29, 1.82) is 0 Å². The van der Waals surface area contributed by atoms with Crippen LogP contribution in [0.1, 0.15) is 0 Å². The first kappa shape index (κ1) is 11.1. The number of rotatable bonds is 1. The molecule has 0 fully saturated rings. The van der Waals surface area contributed by atoms with Gasteiger partial charge in [0.15, 0.2) is 0 Å². The van der Waals surface area contributed by atoms with E-state index in [2.05, 4.69) is 0 Å². The van der Waals surface area contributed by atoms with Crippen molar-refractivity contribution in [3.8, 4) is 0 Å². The molecule has 0 aliphatic rings. The van der Waals surface area contributed by atoms with E-state index in [1.54, 1.807) is 0 Å². The second-order valence-corrected chi connectivity index (χ2v) is 3.11. The molecule has 0 rings (SSSR count). The summed E-state index contributed by atoms with van der Waals surface area (Å²) >= 11 is 0.377. The van der Waals surface area contributed by atoms with Gasteiger partial charge in [-0.25, -0.2) is 0 Å². The van der Waals surface area contributed by atoms with Crippen LogP contribution in [0.2, 0.25) is 0 Å². The summed E-state index contributed by atoms with van der Waals surface area (Å²) in [6.07, 6.45) is 0. The number of aliphatic hydroxyl groups excluding tert-OH is 2. The maximum Gasteiger partial charge on any atom is 0 e. The summed E-state index contributed by atoms with van der Waals surface area (Å²) in [4.78, 5) is 0. The van der Waals surface area contributed by atoms with Gasteiger partial charge in [-0.3, -0.25) is 0 Å². The van der Waals surface area contributed by atoms with Crippen molar-refractivity contribution in [3.05, 3.63) is 0 Å². The molecule has 0 amide bonds. The van der Waals surface area contributed by atoms with Gasteiger partial charge in [0.1, 0.15) is 0 Å². The van der Waals surface area contributed by atoms with Gasteiger partial charge >= 0.3 is 66.0 Å². The fourth-order valence-corrected chi connectivity index (χ4v) is 0. The molecule has 0 heterocycles. The third-order valence-corrected chi connectivity index (χ3v) is 0.834.